The molecule has 0 aliphatic rings. The van der Waals surface area contributed by atoms with Gasteiger partial charge in [-0.15, -0.1) is 0 Å². The van der Waals surface area contributed by atoms with Gasteiger partial charge in [0.2, 0.25) is 0 Å². The van der Waals surface area contributed by atoms with Gasteiger partial charge in [0.1, 0.15) is 22.9 Å². The monoisotopic (exact) mass is 519 g/mol. The predicted molar refractivity (Wildman–Crippen MR) is 141 cm³/mol. The van der Waals surface area contributed by atoms with Crippen molar-refractivity contribution >= 4 is 33.4 Å². The van der Waals surface area contributed by atoms with E-state index in [9.17, 15) is 4.79 Å². The number of ether oxygens (including phenoxy) is 1. The summed E-state index contributed by atoms with van der Waals surface area (Å²) in [6, 6.07) is 21.9. The molecule has 4 rings (SSSR count). The van der Waals surface area contributed by atoms with Crippen molar-refractivity contribution in [1.82, 2.24) is 9.38 Å². The van der Waals surface area contributed by atoms with Crippen LogP contribution < -0.4 is 10.1 Å². The topological polar surface area (TPSA) is 55.6 Å². The van der Waals surface area contributed by atoms with E-state index in [4.69, 9.17) is 9.72 Å². The minimum absolute atomic E-state index is 0.0506. The summed E-state index contributed by atoms with van der Waals surface area (Å²) < 4.78 is 8.71. The molecule has 0 spiro atoms. The number of fused-ring (bicyclic) bond motifs is 1. The van der Waals surface area contributed by atoms with Gasteiger partial charge in [0, 0.05) is 22.8 Å². The molecule has 34 heavy (non-hydrogen) atoms. The predicted octanol–water partition coefficient (Wildman–Crippen LogP) is 7.50. The van der Waals surface area contributed by atoms with Crippen LogP contribution >= 0.6 is 15.9 Å². The van der Waals surface area contributed by atoms with Gasteiger partial charge >= 0.3 is 5.97 Å². The van der Waals surface area contributed by atoms with Crippen LogP contribution in [0.25, 0.3) is 16.9 Å². The van der Waals surface area contributed by atoms with Crippen LogP contribution in [0.1, 0.15) is 45.1 Å². The molecule has 2 heterocycles. The summed E-state index contributed by atoms with van der Waals surface area (Å²) in [6.45, 7) is 4.86. The Hall–Kier alpha value is -3.12. The minimum Gasteiger partial charge on any atom is -0.426 e. The number of benzene rings is 2. The molecule has 0 saturated heterocycles. The number of hydrogen-bond donors (Lipinski definition) is 1. The van der Waals surface area contributed by atoms with Gasteiger partial charge in [-0.25, -0.2) is 4.98 Å². The third-order valence-electron chi connectivity index (χ3n) is 5.96. The summed E-state index contributed by atoms with van der Waals surface area (Å²) in [5.74, 6) is 1.28. The highest BCUT2D eigenvalue weighted by atomic mass is 79.9. The molecule has 0 aliphatic carbocycles. The number of carbonyl (C=O) groups excluding carboxylic acids is 1. The van der Waals surface area contributed by atoms with Gasteiger partial charge in [-0.1, -0.05) is 57.0 Å². The van der Waals surface area contributed by atoms with Crippen molar-refractivity contribution in [3.63, 3.8) is 0 Å². The first-order valence-corrected chi connectivity index (χ1v) is 12.7. The number of rotatable bonds is 10. The van der Waals surface area contributed by atoms with E-state index in [1.807, 2.05) is 67.7 Å². The highest BCUT2D eigenvalue weighted by Crippen LogP contribution is 2.31. The number of imidazole rings is 1. The zero-order valence-corrected chi connectivity index (χ0v) is 21.2. The molecule has 5 nitrogen and oxygen atoms in total. The number of esters is 1. The van der Waals surface area contributed by atoms with E-state index in [0.29, 0.717) is 12.3 Å². The van der Waals surface area contributed by atoms with E-state index in [2.05, 4.69) is 44.7 Å². The molecule has 176 valence electrons. The van der Waals surface area contributed by atoms with Crippen molar-refractivity contribution in [1.29, 1.82) is 0 Å². The van der Waals surface area contributed by atoms with Gasteiger partial charge in [-0.05, 0) is 70.7 Å². The van der Waals surface area contributed by atoms with Gasteiger partial charge in [-0.3, -0.25) is 9.20 Å². The van der Waals surface area contributed by atoms with E-state index in [0.717, 1.165) is 52.9 Å². The maximum atomic E-state index is 12.6. The van der Waals surface area contributed by atoms with Crippen molar-refractivity contribution in [2.45, 2.75) is 46.1 Å². The van der Waals surface area contributed by atoms with Crippen molar-refractivity contribution in [3.8, 4) is 17.0 Å². The van der Waals surface area contributed by atoms with Crippen molar-refractivity contribution < 1.29 is 9.53 Å². The normalized spacial score (nSPS) is 12.0. The number of aromatic nitrogens is 2. The summed E-state index contributed by atoms with van der Waals surface area (Å²) in [6.07, 6.45) is 5.79. The number of nitrogens with one attached hydrogen (secondary N) is 1. The van der Waals surface area contributed by atoms with Crippen molar-refractivity contribution in [2.75, 3.05) is 5.32 Å². The second-order valence-electron chi connectivity index (χ2n) is 8.42. The Labute approximate surface area is 209 Å². The van der Waals surface area contributed by atoms with Gasteiger partial charge in [0.05, 0.1) is 5.92 Å². The Morgan fingerprint density at radius 3 is 2.53 bits per heavy atom. The summed E-state index contributed by atoms with van der Waals surface area (Å²) in [5, 5.41) is 3.56. The van der Waals surface area contributed by atoms with Gasteiger partial charge < -0.3 is 10.1 Å². The third-order valence-corrected chi connectivity index (χ3v) is 6.43. The summed E-state index contributed by atoms with van der Waals surface area (Å²) >= 11 is 3.57. The van der Waals surface area contributed by atoms with Crippen LogP contribution in [0, 0.1) is 5.92 Å². The van der Waals surface area contributed by atoms with E-state index in [1.54, 1.807) is 0 Å². The van der Waals surface area contributed by atoms with Crippen LogP contribution in [0.3, 0.4) is 0 Å². The summed E-state index contributed by atoms with van der Waals surface area (Å²) in [5.41, 5.74) is 3.84. The molecule has 2 aromatic heterocycles. The van der Waals surface area contributed by atoms with E-state index < -0.39 is 0 Å². The number of anilines is 1. The quantitative estimate of drug-likeness (QED) is 0.174. The molecule has 4 aromatic rings. The number of hydrogen-bond acceptors (Lipinski definition) is 4. The van der Waals surface area contributed by atoms with Gasteiger partial charge in [0.25, 0.3) is 0 Å². The smallest absolute Gasteiger partial charge is 0.314 e. The lowest BCUT2D eigenvalue weighted by molar-refractivity contribution is -0.139. The van der Waals surface area contributed by atoms with Crippen molar-refractivity contribution in [3.05, 3.63) is 83.0 Å². The zero-order chi connectivity index (χ0) is 23.9. The van der Waals surface area contributed by atoms with Crippen LogP contribution in [-0.4, -0.2) is 15.4 Å². The number of unbranched alkanes of at least 4 members (excludes halogenated alkanes) is 1. The molecule has 6 heteroatoms. The van der Waals surface area contributed by atoms with E-state index in [1.165, 1.54) is 5.56 Å². The molecule has 2 aromatic carbocycles. The SMILES string of the molecule is CCCCC(CC)C(=O)Oc1ccc(-c2nc3ccc(Br)cn3c2NCc2ccccc2)cc1. The Kier molecular flexibility index (Phi) is 8.01. The molecule has 0 aliphatic heterocycles. The highest BCUT2D eigenvalue weighted by molar-refractivity contribution is 9.10. The zero-order valence-electron chi connectivity index (χ0n) is 19.6. The highest BCUT2D eigenvalue weighted by Gasteiger charge is 2.19. The molecule has 1 unspecified atom stereocenters. The fourth-order valence-electron chi connectivity index (χ4n) is 3.99. The molecular formula is C28H30BrN3O2. The van der Waals surface area contributed by atoms with Gasteiger partial charge in [0.15, 0.2) is 0 Å². The molecule has 0 amide bonds. The van der Waals surface area contributed by atoms with Crippen molar-refractivity contribution in [2.24, 2.45) is 5.92 Å². The lowest BCUT2D eigenvalue weighted by Gasteiger charge is -2.14. The average molecular weight is 520 g/mol. The minimum atomic E-state index is -0.147. The lowest BCUT2D eigenvalue weighted by atomic mass is 10.00. The summed E-state index contributed by atoms with van der Waals surface area (Å²) in [7, 11) is 0. The van der Waals surface area contributed by atoms with Crippen LogP contribution in [-0.2, 0) is 11.3 Å². The van der Waals surface area contributed by atoms with Crippen LogP contribution in [0.2, 0.25) is 0 Å². The molecule has 0 fully saturated rings. The largest absolute Gasteiger partial charge is 0.426 e. The Morgan fingerprint density at radius 1 is 1.06 bits per heavy atom. The molecular weight excluding hydrogens is 490 g/mol. The average Bonchev–Trinajstić information content (AvgIpc) is 3.22. The summed E-state index contributed by atoms with van der Waals surface area (Å²) in [4.78, 5) is 17.4. The Balaban J connectivity index is 1.58. The molecule has 1 atom stereocenters. The van der Waals surface area contributed by atoms with E-state index in [-0.39, 0.29) is 11.9 Å². The third kappa shape index (κ3) is 5.68. The fourth-order valence-corrected chi connectivity index (χ4v) is 4.33. The van der Waals surface area contributed by atoms with Crippen LogP contribution in [0.15, 0.2) is 77.4 Å². The molecule has 0 radical (unpaired) electrons. The lowest BCUT2D eigenvalue weighted by Crippen LogP contribution is -2.19. The van der Waals surface area contributed by atoms with Crippen LogP contribution in [0.4, 0.5) is 5.82 Å². The molecule has 1 N–H and O–H groups in total. The van der Waals surface area contributed by atoms with Crippen LogP contribution in [0.5, 0.6) is 5.75 Å². The second-order valence-corrected chi connectivity index (χ2v) is 9.33. The van der Waals surface area contributed by atoms with E-state index >= 15 is 0 Å². The maximum Gasteiger partial charge on any atom is 0.314 e. The molecule has 0 saturated carbocycles. The molecule has 0 bridgehead atoms. The number of pyridine rings is 1. The number of carbonyl (C=O) groups is 1. The number of halogens is 1. The second kappa shape index (κ2) is 11.3. The fraction of sp³-hybridized carbons (Fsp3) is 0.286. The maximum absolute atomic E-state index is 12.6. The van der Waals surface area contributed by atoms with Gasteiger partial charge in [-0.2, -0.15) is 0 Å². The standard InChI is InChI=1S/C28H30BrN3O2/c1-3-5-11-21(4-2)28(33)34-24-15-12-22(13-16-24)26-27(30-18-20-9-7-6-8-10-20)32-19-23(29)14-17-25(32)31-26/h6-10,12-17,19,21,30H,3-5,11,18H2,1-2H3. The Morgan fingerprint density at radius 2 is 1.82 bits per heavy atom. The first-order valence-electron chi connectivity index (χ1n) is 11.9. The first kappa shape index (κ1) is 24.0. The first-order chi connectivity index (χ1) is 16.6. The Bertz CT molecular complexity index is 1240. The number of nitrogens with zero attached hydrogens (tertiary/aromatic N) is 2.